The minimum absolute atomic E-state index is 0.654. The number of rotatable bonds is 3. The van der Waals surface area contributed by atoms with Crippen molar-refractivity contribution in [2.75, 3.05) is 17.6 Å². The molecule has 3 heteroatoms. The van der Waals surface area contributed by atoms with Crippen molar-refractivity contribution in [2.45, 2.75) is 10.8 Å². The highest BCUT2D eigenvalue weighted by Gasteiger charge is 2.22. The van der Waals surface area contributed by atoms with Crippen LogP contribution in [-0.2, 0) is 0 Å². The van der Waals surface area contributed by atoms with Crippen LogP contribution < -0.4 is 5.32 Å². The highest BCUT2D eigenvalue weighted by molar-refractivity contribution is 7.99. The van der Waals surface area contributed by atoms with Gasteiger partial charge in [0.25, 0.3) is 0 Å². The van der Waals surface area contributed by atoms with Crippen molar-refractivity contribution in [3.63, 3.8) is 0 Å². The number of hydrogen-bond donors (Lipinski definition) is 1. The molecule has 3 rings (SSSR count). The summed E-state index contributed by atoms with van der Waals surface area (Å²) in [5.74, 6) is 1.86. The molecule has 1 unspecified atom stereocenters. The fraction of sp³-hybridized carbons (Fsp3) is 0.231. The van der Waals surface area contributed by atoms with Crippen LogP contribution in [0.25, 0.3) is 0 Å². The van der Waals surface area contributed by atoms with Crippen LogP contribution in [0.2, 0.25) is 0 Å². The molecular formula is C13H13NS2. The van der Waals surface area contributed by atoms with E-state index in [0.29, 0.717) is 5.92 Å². The van der Waals surface area contributed by atoms with Crippen LogP contribution in [0.1, 0.15) is 11.5 Å². The average molecular weight is 247 g/mol. The third-order valence-electron chi connectivity index (χ3n) is 2.87. The van der Waals surface area contributed by atoms with Crippen LogP contribution in [0.4, 0.5) is 5.69 Å². The normalized spacial score (nSPS) is 18.4. The SMILES string of the molecule is c1ccc2c(c1)SCC2CNc1ccsc1. The first kappa shape index (κ1) is 10.2. The van der Waals surface area contributed by atoms with Gasteiger partial charge in [0, 0.05) is 34.2 Å². The number of fused-ring (bicyclic) bond motifs is 1. The van der Waals surface area contributed by atoms with Crippen LogP contribution in [0.15, 0.2) is 46.0 Å². The van der Waals surface area contributed by atoms with Gasteiger partial charge in [-0.25, -0.2) is 0 Å². The van der Waals surface area contributed by atoms with Gasteiger partial charge in [0.05, 0.1) is 0 Å². The number of thioether (sulfide) groups is 1. The molecule has 1 aliphatic heterocycles. The van der Waals surface area contributed by atoms with E-state index in [0.717, 1.165) is 6.54 Å². The first-order valence-electron chi connectivity index (χ1n) is 5.41. The Morgan fingerprint density at radius 3 is 3.06 bits per heavy atom. The van der Waals surface area contributed by atoms with Crippen molar-refractivity contribution in [1.29, 1.82) is 0 Å². The van der Waals surface area contributed by atoms with E-state index in [4.69, 9.17) is 0 Å². The van der Waals surface area contributed by atoms with E-state index in [-0.39, 0.29) is 0 Å². The largest absolute Gasteiger partial charge is 0.384 e. The zero-order valence-electron chi connectivity index (χ0n) is 8.85. The molecule has 0 radical (unpaired) electrons. The highest BCUT2D eigenvalue weighted by atomic mass is 32.2. The van der Waals surface area contributed by atoms with Gasteiger partial charge < -0.3 is 5.32 Å². The van der Waals surface area contributed by atoms with Gasteiger partial charge in [-0.15, -0.1) is 11.8 Å². The van der Waals surface area contributed by atoms with Crippen LogP contribution in [0.3, 0.4) is 0 Å². The second-order valence-electron chi connectivity index (χ2n) is 3.94. The molecule has 0 spiro atoms. The smallest absolute Gasteiger partial charge is 0.0449 e. The summed E-state index contributed by atoms with van der Waals surface area (Å²) in [6, 6.07) is 10.9. The maximum atomic E-state index is 3.50. The summed E-state index contributed by atoms with van der Waals surface area (Å²) in [6.45, 7) is 1.04. The molecule has 0 aliphatic carbocycles. The van der Waals surface area contributed by atoms with Crippen molar-refractivity contribution < 1.29 is 0 Å². The Labute approximate surface area is 104 Å². The predicted molar refractivity (Wildman–Crippen MR) is 72.7 cm³/mol. The quantitative estimate of drug-likeness (QED) is 0.878. The molecule has 1 nitrogen and oxygen atoms in total. The number of benzene rings is 1. The lowest BCUT2D eigenvalue weighted by molar-refractivity contribution is 0.819. The zero-order chi connectivity index (χ0) is 10.8. The number of nitrogens with one attached hydrogen (secondary N) is 1. The van der Waals surface area contributed by atoms with Crippen molar-refractivity contribution in [1.82, 2.24) is 0 Å². The summed E-state index contributed by atoms with van der Waals surface area (Å²) in [5.41, 5.74) is 2.76. The fourth-order valence-electron chi connectivity index (χ4n) is 2.00. The highest BCUT2D eigenvalue weighted by Crippen LogP contribution is 2.39. The van der Waals surface area contributed by atoms with Crippen LogP contribution in [-0.4, -0.2) is 12.3 Å². The lowest BCUT2D eigenvalue weighted by Gasteiger charge is -2.11. The Kier molecular flexibility index (Phi) is 2.89. The second-order valence-corrected chi connectivity index (χ2v) is 5.78. The summed E-state index contributed by atoms with van der Waals surface area (Å²) < 4.78 is 0. The van der Waals surface area contributed by atoms with E-state index in [1.165, 1.54) is 21.9 Å². The molecule has 1 aromatic heterocycles. The topological polar surface area (TPSA) is 12.0 Å². The van der Waals surface area contributed by atoms with Gasteiger partial charge in [0.2, 0.25) is 0 Å². The van der Waals surface area contributed by atoms with E-state index in [1.54, 1.807) is 11.3 Å². The summed E-state index contributed by atoms with van der Waals surface area (Å²) in [6.07, 6.45) is 0. The van der Waals surface area contributed by atoms with E-state index >= 15 is 0 Å². The molecule has 0 bridgehead atoms. The molecule has 16 heavy (non-hydrogen) atoms. The average Bonchev–Trinajstić information content (AvgIpc) is 2.96. The summed E-state index contributed by atoms with van der Waals surface area (Å²) in [5, 5.41) is 7.78. The zero-order valence-corrected chi connectivity index (χ0v) is 10.5. The maximum absolute atomic E-state index is 3.50. The lowest BCUT2D eigenvalue weighted by atomic mass is 10.0. The van der Waals surface area contributed by atoms with Gasteiger partial charge in [0.1, 0.15) is 0 Å². The van der Waals surface area contributed by atoms with E-state index in [2.05, 4.69) is 46.4 Å². The molecule has 2 aromatic rings. The summed E-state index contributed by atoms with van der Waals surface area (Å²) in [4.78, 5) is 1.46. The van der Waals surface area contributed by atoms with Crippen molar-refractivity contribution >= 4 is 28.8 Å². The Morgan fingerprint density at radius 1 is 1.25 bits per heavy atom. The monoisotopic (exact) mass is 247 g/mol. The molecular weight excluding hydrogens is 234 g/mol. The third kappa shape index (κ3) is 1.97. The molecule has 0 saturated carbocycles. The number of anilines is 1. The third-order valence-corrected chi connectivity index (χ3v) is 4.81. The molecule has 1 aliphatic rings. The molecule has 2 heterocycles. The van der Waals surface area contributed by atoms with E-state index in [1.807, 2.05) is 11.8 Å². The molecule has 1 N–H and O–H groups in total. The van der Waals surface area contributed by atoms with Crippen molar-refractivity contribution in [2.24, 2.45) is 0 Å². The van der Waals surface area contributed by atoms with Crippen molar-refractivity contribution in [3.05, 3.63) is 46.7 Å². The van der Waals surface area contributed by atoms with Gasteiger partial charge in [-0.2, -0.15) is 11.3 Å². The summed E-state index contributed by atoms with van der Waals surface area (Å²) in [7, 11) is 0. The minimum Gasteiger partial charge on any atom is -0.384 e. The van der Waals surface area contributed by atoms with Gasteiger partial charge in [-0.1, -0.05) is 18.2 Å². The molecule has 0 saturated heterocycles. The standard InChI is InChI=1S/C13H13NS2/c1-2-4-13-12(3-1)10(8-16-13)7-14-11-5-6-15-9-11/h1-6,9-10,14H,7-8H2. The van der Waals surface area contributed by atoms with Gasteiger partial charge in [-0.3, -0.25) is 0 Å². The van der Waals surface area contributed by atoms with E-state index in [9.17, 15) is 0 Å². The van der Waals surface area contributed by atoms with Crippen LogP contribution >= 0.6 is 23.1 Å². The Morgan fingerprint density at radius 2 is 2.19 bits per heavy atom. The van der Waals surface area contributed by atoms with Crippen molar-refractivity contribution in [3.8, 4) is 0 Å². The van der Waals surface area contributed by atoms with Gasteiger partial charge in [-0.05, 0) is 23.1 Å². The van der Waals surface area contributed by atoms with Gasteiger partial charge in [0.15, 0.2) is 0 Å². The molecule has 0 fully saturated rings. The number of thiophene rings is 1. The second kappa shape index (κ2) is 4.52. The fourth-order valence-corrected chi connectivity index (χ4v) is 3.87. The molecule has 82 valence electrons. The molecule has 1 aromatic carbocycles. The number of hydrogen-bond acceptors (Lipinski definition) is 3. The maximum Gasteiger partial charge on any atom is 0.0449 e. The van der Waals surface area contributed by atoms with Gasteiger partial charge >= 0.3 is 0 Å². The first-order chi connectivity index (χ1) is 7.93. The Balaban J connectivity index is 1.69. The summed E-state index contributed by atoms with van der Waals surface area (Å²) >= 11 is 3.72. The molecule has 1 atom stereocenters. The Hall–Kier alpha value is -0.930. The van der Waals surface area contributed by atoms with Crippen LogP contribution in [0, 0.1) is 0 Å². The van der Waals surface area contributed by atoms with Crippen LogP contribution in [0.5, 0.6) is 0 Å². The predicted octanol–water partition coefficient (Wildman–Crippen LogP) is 4.05. The van der Waals surface area contributed by atoms with E-state index < -0.39 is 0 Å². The lowest BCUT2D eigenvalue weighted by Crippen LogP contribution is -2.11. The Bertz CT molecular complexity index is 465. The first-order valence-corrected chi connectivity index (χ1v) is 7.34. The minimum atomic E-state index is 0.654. The molecule has 0 amide bonds.